The normalized spacial score (nSPS) is 12.8. The van der Waals surface area contributed by atoms with Crippen molar-refractivity contribution in [3.8, 4) is 0 Å². The van der Waals surface area contributed by atoms with Gasteiger partial charge in [0.25, 0.3) is 0 Å². The maximum Gasteiger partial charge on any atom is 0.240 e. The Morgan fingerprint density at radius 1 is 1.38 bits per heavy atom. The smallest absolute Gasteiger partial charge is 0.240 e. The van der Waals surface area contributed by atoms with Crippen LogP contribution in [0.3, 0.4) is 0 Å². The zero-order chi connectivity index (χ0) is 16.2. The predicted molar refractivity (Wildman–Crippen MR) is 86.5 cm³/mol. The summed E-state index contributed by atoms with van der Waals surface area (Å²) in [6.45, 7) is 3.42. The van der Waals surface area contributed by atoms with Crippen LogP contribution < -0.4 is 9.62 Å². The van der Waals surface area contributed by atoms with Crippen LogP contribution in [-0.2, 0) is 14.8 Å². The number of carbonyl (C=O) groups excluding carboxylic acids is 1. The molecule has 1 rings (SSSR count). The van der Waals surface area contributed by atoms with Gasteiger partial charge in [0.05, 0.1) is 17.0 Å². The summed E-state index contributed by atoms with van der Waals surface area (Å²) in [5.74, 6) is -0.397. The highest BCUT2D eigenvalue weighted by atomic mass is 35.5. The average molecular weight is 353 g/mol. The molecule has 1 amide bonds. The molecule has 0 fully saturated rings. The Bertz CT molecular complexity index is 620. The first-order valence-corrected chi connectivity index (χ1v) is 8.97. The SMILES string of the molecule is CC[C@H](C)NC(=O)CN(c1cc(Cl)ccc1Cl)S(C)(=O)=O. The van der Waals surface area contributed by atoms with Crippen molar-refractivity contribution in [2.24, 2.45) is 0 Å². The van der Waals surface area contributed by atoms with Crippen molar-refractivity contribution in [3.05, 3.63) is 28.2 Å². The molecule has 1 aromatic carbocycles. The molecule has 118 valence electrons. The third-order valence-corrected chi connectivity index (χ3v) is 4.57. The Kier molecular flexibility index (Phi) is 6.31. The molecule has 0 heterocycles. The third kappa shape index (κ3) is 5.37. The molecule has 1 atom stereocenters. The van der Waals surface area contributed by atoms with Gasteiger partial charge in [-0.1, -0.05) is 30.1 Å². The molecule has 0 aliphatic carbocycles. The second-order valence-electron chi connectivity index (χ2n) is 4.74. The van der Waals surface area contributed by atoms with Gasteiger partial charge in [-0.3, -0.25) is 9.10 Å². The molecule has 0 radical (unpaired) electrons. The molecule has 0 aromatic heterocycles. The van der Waals surface area contributed by atoms with Crippen LogP contribution in [0.25, 0.3) is 0 Å². The third-order valence-electron chi connectivity index (χ3n) is 2.88. The number of rotatable bonds is 6. The Balaban J connectivity index is 3.08. The number of halogens is 2. The zero-order valence-electron chi connectivity index (χ0n) is 12.1. The van der Waals surface area contributed by atoms with Crippen molar-refractivity contribution < 1.29 is 13.2 Å². The fourth-order valence-corrected chi connectivity index (χ4v) is 2.91. The van der Waals surface area contributed by atoms with E-state index >= 15 is 0 Å². The highest BCUT2D eigenvalue weighted by molar-refractivity contribution is 7.92. The summed E-state index contributed by atoms with van der Waals surface area (Å²) < 4.78 is 24.8. The number of nitrogens with zero attached hydrogens (tertiary/aromatic N) is 1. The lowest BCUT2D eigenvalue weighted by atomic mass is 10.2. The lowest BCUT2D eigenvalue weighted by Gasteiger charge is -2.24. The number of amides is 1. The van der Waals surface area contributed by atoms with Gasteiger partial charge in [0, 0.05) is 11.1 Å². The molecule has 8 heteroatoms. The number of sulfonamides is 1. The second kappa shape index (κ2) is 7.33. The Morgan fingerprint density at radius 3 is 2.52 bits per heavy atom. The number of hydrogen-bond acceptors (Lipinski definition) is 3. The van der Waals surface area contributed by atoms with E-state index in [9.17, 15) is 13.2 Å². The molecule has 0 saturated heterocycles. The Hall–Kier alpha value is -0.980. The monoisotopic (exact) mass is 352 g/mol. The van der Waals surface area contributed by atoms with Gasteiger partial charge in [-0.25, -0.2) is 8.42 Å². The van der Waals surface area contributed by atoms with Crippen LogP contribution in [0.15, 0.2) is 18.2 Å². The van der Waals surface area contributed by atoms with Crippen LogP contribution in [-0.4, -0.2) is 33.2 Å². The predicted octanol–water partition coefficient (Wildman–Crippen LogP) is 2.67. The fourth-order valence-electron chi connectivity index (χ4n) is 1.61. The van der Waals surface area contributed by atoms with E-state index in [2.05, 4.69) is 5.32 Å². The fraction of sp³-hybridized carbons (Fsp3) is 0.462. The summed E-state index contributed by atoms with van der Waals surface area (Å²) in [5.41, 5.74) is 0.186. The van der Waals surface area contributed by atoms with Crippen LogP contribution >= 0.6 is 23.2 Å². The van der Waals surface area contributed by atoms with Crippen LogP contribution in [0.4, 0.5) is 5.69 Å². The van der Waals surface area contributed by atoms with Crippen LogP contribution in [0, 0.1) is 0 Å². The van der Waals surface area contributed by atoms with E-state index in [4.69, 9.17) is 23.2 Å². The molecule has 21 heavy (non-hydrogen) atoms. The minimum atomic E-state index is -3.67. The summed E-state index contributed by atoms with van der Waals surface area (Å²) in [4.78, 5) is 11.9. The molecule has 0 aliphatic rings. The lowest BCUT2D eigenvalue weighted by Crippen LogP contribution is -2.43. The van der Waals surface area contributed by atoms with Gasteiger partial charge in [0.15, 0.2) is 0 Å². The number of benzene rings is 1. The second-order valence-corrected chi connectivity index (χ2v) is 7.49. The summed E-state index contributed by atoms with van der Waals surface area (Å²) in [5, 5.41) is 3.26. The number of hydrogen-bond donors (Lipinski definition) is 1. The zero-order valence-corrected chi connectivity index (χ0v) is 14.4. The van der Waals surface area contributed by atoms with Crippen molar-refractivity contribution in [2.75, 3.05) is 17.1 Å². The first-order valence-electron chi connectivity index (χ1n) is 6.37. The minimum absolute atomic E-state index is 0.0336. The Morgan fingerprint density at radius 2 is 2.00 bits per heavy atom. The summed E-state index contributed by atoms with van der Waals surface area (Å²) in [7, 11) is -3.67. The summed E-state index contributed by atoms with van der Waals surface area (Å²) >= 11 is 11.9. The van der Waals surface area contributed by atoms with Crippen molar-refractivity contribution in [1.82, 2.24) is 5.32 Å². The van der Waals surface area contributed by atoms with Gasteiger partial charge in [-0.05, 0) is 31.5 Å². The van der Waals surface area contributed by atoms with Crippen LogP contribution in [0.5, 0.6) is 0 Å². The molecule has 1 N–H and O–H groups in total. The van der Waals surface area contributed by atoms with Gasteiger partial charge in [0.1, 0.15) is 6.54 Å². The first-order chi connectivity index (χ1) is 9.65. The van der Waals surface area contributed by atoms with Crippen molar-refractivity contribution in [3.63, 3.8) is 0 Å². The molecular weight excluding hydrogens is 335 g/mol. The summed E-state index contributed by atoms with van der Waals surface area (Å²) in [6.07, 6.45) is 1.77. The lowest BCUT2D eigenvalue weighted by molar-refractivity contribution is -0.120. The van der Waals surface area contributed by atoms with Gasteiger partial charge >= 0.3 is 0 Å². The highest BCUT2D eigenvalue weighted by Crippen LogP contribution is 2.30. The van der Waals surface area contributed by atoms with Gasteiger partial charge < -0.3 is 5.32 Å². The number of anilines is 1. The summed E-state index contributed by atoms with van der Waals surface area (Å²) in [6, 6.07) is 4.42. The molecule has 5 nitrogen and oxygen atoms in total. The largest absolute Gasteiger partial charge is 0.352 e. The van der Waals surface area contributed by atoms with Crippen LogP contribution in [0.1, 0.15) is 20.3 Å². The molecular formula is C13H18Cl2N2O3S. The Labute approximate surface area is 135 Å². The topological polar surface area (TPSA) is 66.5 Å². The van der Waals surface area contributed by atoms with Crippen molar-refractivity contribution in [2.45, 2.75) is 26.3 Å². The quantitative estimate of drug-likeness (QED) is 0.855. The van der Waals surface area contributed by atoms with Gasteiger partial charge in [0.2, 0.25) is 15.9 Å². The highest BCUT2D eigenvalue weighted by Gasteiger charge is 2.23. The van der Waals surface area contributed by atoms with E-state index in [1.807, 2.05) is 13.8 Å². The number of carbonyl (C=O) groups is 1. The standard InChI is InChI=1S/C13H18Cl2N2O3S/c1-4-9(2)16-13(18)8-17(21(3,19)20)12-7-10(14)5-6-11(12)15/h5-7,9H,4,8H2,1-3H3,(H,16,18)/t9-/m0/s1. The van der Waals surface area contributed by atoms with Crippen molar-refractivity contribution in [1.29, 1.82) is 0 Å². The molecule has 0 unspecified atom stereocenters. The van der Waals surface area contributed by atoms with E-state index < -0.39 is 15.9 Å². The van der Waals surface area contributed by atoms with E-state index in [1.54, 1.807) is 6.07 Å². The van der Waals surface area contributed by atoms with Gasteiger partial charge in [-0.2, -0.15) is 0 Å². The van der Waals surface area contributed by atoms with E-state index in [1.165, 1.54) is 12.1 Å². The van der Waals surface area contributed by atoms with Crippen LogP contribution in [0.2, 0.25) is 10.0 Å². The molecule has 0 bridgehead atoms. The molecule has 0 saturated carbocycles. The first kappa shape index (κ1) is 18.1. The molecule has 0 spiro atoms. The van der Waals surface area contributed by atoms with E-state index in [0.717, 1.165) is 17.0 Å². The number of nitrogens with one attached hydrogen (secondary N) is 1. The maximum absolute atomic E-state index is 11.9. The van der Waals surface area contributed by atoms with Gasteiger partial charge in [-0.15, -0.1) is 0 Å². The molecule has 0 aliphatic heterocycles. The van der Waals surface area contributed by atoms with E-state index in [-0.39, 0.29) is 23.3 Å². The minimum Gasteiger partial charge on any atom is -0.352 e. The molecule has 1 aromatic rings. The van der Waals surface area contributed by atoms with E-state index in [0.29, 0.717) is 5.02 Å². The average Bonchev–Trinajstić information content (AvgIpc) is 2.37. The van der Waals surface area contributed by atoms with Crippen molar-refractivity contribution >= 4 is 44.8 Å². The maximum atomic E-state index is 11.9.